The number of nitrogens with one attached hydrogen (secondary N) is 2. The smallest absolute Gasteiger partial charge is 0.356 e. The Bertz CT molecular complexity index is 882. The van der Waals surface area contributed by atoms with Crippen molar-refractivity contribution in [3.63, 3.8) is 0 Å². The van der Waals surface area contributed by atoms with E-state index in [9.17, 15) is 13.2 Å². The van der Waals surface area contributed by atoms with E-state index in [2.05, 4.69) is 25.6 Å². The Hall–Kier alpha value is -2.62. The highest BCUT2D eigenvalue weighted by molar-refractivity contribution is 7.09. The number of rotatable bonds is 6. The topological polar surface area (TPSA) is 66.6 Å². The van der Waals surface area contributed by atoms with Gasteiger partial charge in [0.05, 0.1) is 10.7 Å². The molecular formula is C17H19F3N6S. The van der Waals surface area contributed by atoms with Crippen LogP contribution in [0, 0.1) is 0 Å². The summed E-state index contributed by atoms with van der Waals surface area (Å²) in [6.07, 6.45) is 0.659. The molecule has 3 rings (SSSR count). The minimum Gasteiger partial charge on any atom is -0.356 e. The highest BCUT2D eigenvalue weighted by Crippen LogP contribution is 2.29. The van der Waals surface area contributed by atoms with E-state index in [-0.39, 0.29) is 0 Å². The maximum atomic E-state index is 12.5. The van der Waals surface area contributed by atoms with Gasteiger partial charge in [0, 0.05) is 50.8 Å². The molecule has 0 radical (unpaired) electrons. The van der Waals surface area contributed by atoms with Crippen LogP contribution in [0.5, 0.6) is 0 Å². The van der Waals surface area contributed by atoms with E-state index >= 15 is 0 Å². The lowest BCUT2D eigenvalue weighted by molar-refractivity contribution is -0.140. The van der Waals surface area contributed by atoms with Crippen LogP contribution in [0.15, 0.2) is 41.0 Å². The molecule has 3 heterocycles. The first kappa shape index (κ1) is 19.2. The third kappa shape index (κ3) is 5.19. The molecule has 2 N–H and O–H groups in total. The molecule has 0 fully saturated rings. The molecule has 0 aliphatic heterocycles. The van der Waals surface area contributed by atoms with Gasteiger partial charge in [0.2, 0.25) is 0 Å². The summed E-state index contributed by atoms with van der Waals surface area (Å²) >= 11 is 1.01. The van der Waals surface area contributed by atoms with Crippen molar-refractivity contribution >= 4 is 22.9 Å². The van der Waals surface area contributed by atoms with Crippen molar-refractivity contribution in [2.75, 3.05) is 20.1 Å². The van der Waals surface area contributed by atoms with Gasteiger partial charge in [0.15, 0.2) is 11.7 Å². The van der Waals surface area contributed by atoms with Gasteiger partial charge in [-0.15, -0.1) is 11.3 Å². The molecule has 0 saturated carbocycles. The molecule has 144 valence electrons. The Morgan fingerprint density at radius 3 is 2.63 bits per heavy atom. The number of alkyl halides is 3. The van der Waals surface area contributed by atoms with E-state index in [1.54, 1.807) is 7.05 Å². The summed E-state index contributed by atoms with van der Waals surface area (Å²) < 4.78 is 39.6. The van der Waals surface area contributed by atoms with Gasteiger partial charge < -0.3 is 15.0 Å². The maximum Gasteiger partial charge on any atom is 0.434 e. The van der Waals surface area contributed by atoms with Crippen LogP contribution in [0.1, 0.15) is 16.4 Å². The normalized spacial score (nSPS) is 12.5. The fourth-order valence-electron chi connectivity index (χ4n) is 2.48. The molecule has 3 aromatic heterocycles. The number of halogens is 3. The van der Waals surface area contributed by atoms with Gasteiger partial charge in [-0.1, -0.05) is 6.07 Å². The number of fused-ring (bicyclic) bond motifs is 1. The molecule has 0 amide bonds. The summed E-state index contributed by atoms with van der Waals surface area (Å²) in [6, 6.07) is 5.83. The van der Waals surface area contributed by atoms with Crippen molar-refractivity contribution < 1.29 is 13.2 Å². The van der Waals surface area contributed by atoms with E-state index in [4.69, 9.17) is 0 Å². The Morgan fingerprint density at radius 2 is 1.96 bits per heavy atom. The van der Waals surface area contributed by atoms with Crippen molar-refractivity contribution in [2.24, 2.45) is 4.99 Å². The van der Waals surface area contributed by atoms with Gasteiger partial charge in [-0.2, -0.15) is 13.2 Å². The summed E-state index contributed by atoms with van der Waals surface area (Å²) in [7, 11) is 1.64. The molecule has 0 unspecified atom stereocenters. The number of aliphatic imine (C=N–C) groups is 1. The summed E-state index contributed by atoms with van der Waals surface area (Å²) in [6.45, 7) is 1.08. The van der Waals surface area contributed by atoms with Crippen LogP contribution in [0.3, 0.4) is 0 Å². The Kier molecular flexibility index (Phi) is 5.94. The van der Waals surface area contributed by atoms with Crippen molar-refractivity contribution in [3.05, 3.63) is 52.4 Å². The molecular weight excluding hydrogens is 377 g/mol. The minimum atomic E-state index is -4.39. The largest absolute Gasteiger partial charge is 0.434 e. The van der Waals surface area contributed by atoms with Crippen LogP contribution < -0.4 is 10.6 Å². The summed E-state index contributed by atoms with van der Waals surface area (Å²) in [4.78, 5) is 12.2. The highest BCUT2D eigenvalue weighted by Gasteiger charge is 2.33. The van der Waals surface area contributed by atoms with Gasteiger partial charge in [0.1, 0.15) is 5.65 Å². The maximum absolute atomic E-state index is 12.5. The quantitative estimate of drug-likeness (QED) is 0.497. The minimum absolute atomic E-state index is 0.397. The van der Waals surface area contributed by atoms with Crippen LogP contribution in [0.2, 0.25) is 0 Å². The van der Waals surface area contributed by atoms with Crippen LogP contribution in [-0.2, 0) is 19.0 Å². The number of pyridine rings is 1. The van der Waals surface area contributed by atoms with Crippen LogP contribution in [-0.4, -0.2) is 40.5 Å². The molecule has 6 nitrogen and oxygen atoms in total. The molecule has 10 heteroatoms. The van der Waals surface area contributed by atoms with Crippen molar-refractivity contribution in [1.29, 1.82) is 0 Å². The number of thiazole rings is 1. The molecule has 0 atom stereocenters. The molecule has 0 aliphatic carbocycles. The lowest BCUT2D eigenvalue weighted by Gasteiger charge is -2.10. The number of nitrogens with zero attached hydrogens (tertiary/aromatic N) is 4. The summed E-state index contributed by atoms with van der Waals surface area (Å²) in [5, 5.41) is 7.73. The molecule has 0 saturated heterocycles. The fraction of sp³-hybridized carbons (Fsp3) is 0.353. The van der Waals surface area contributed by atoms with Crippen molar-refractivity contribution in [1.82, 2.24) is 25.0 Å². The number of hydrogen-bond donors (Lipinski definition) is 2. The molecule has 0 aromatic carbocycles. The average Bonchev–Trinajstić information content (AvgIpc) is 3.26. The van der Waals surface area contributed by atoms with Gasteiger partial charge in [0.25, 0.3) is 0 Å². The zero-order valence-electron chi connectivity index (χ0n) is 14.6. The van der Waals surface area contributed by atoms with Crippen molar-refractivity contribution in [3.8, 4) is 0 Å². The van der Waals surface area contributed by atoms with E-state index in [0.717, 1.165) is 34.5 Å². The second-order valence-corrected chi connectivity index (χ2v) is 6.69. The standard InChI is InChI=1S/C17H19F3N6S/c1-21-16(23-8-6-15-25-13(11-27-15)17(18,19)20)22-7-5-12-10-26-9-3-2-4-14(26)24-12/h2-4,9-11H,5-8H2,1H3,(H2,21,22,23). The first-order chi connectivity index (χ1) is 13.0. The number of hydrogen-bond acceptors (Lipinski definition) is 4. The van der Waals surface area contributed by atoms with Crippen LogP contribution in [0.25, 0.3) is 5.65 Å². The van der Waals surface area contributed by atoms with Gasteiger partial charge >= 0.3 is 6.18 Å². The van der Waals surface area contributed by atoms with E-state index in [1.807, 2.05) is 35.0 Å². The first-order valence-corrected chi connectivity index (χ1v) is 9.22. The van der Waals surface area contributed by atoms with Gasteiger partial charge in [-0.3, -0.25) is 4.99 Å². The molecule has 0 bridgehead atoms. The van der Waals surface area contributed by atoms with E-state index in [1.165, 1.54) is 0 Å². The molecule has 27 heavy (non-hydrogen) atoms. The van der Waals surface area contributed by atoms with Crippen molar-refractivity contribution in [2.45, 2.75) is 19.0 Å². The zero-order chi connectivity index (χ0) is 19.3. The Labute approximate surface area is 158 Å². The second-order valence-electron chi connectivity index (χ2n) is 5.75. The number of aromatic nitrogens is 3. The van der Waals surface area contributed by atoms with Gasteiger partial charge in [-0.25, -0.2) is 9.97 Å². The summed E-state index contributed by atoms with van der Waals surface area (Å²) in [5.41, 5.74) is 1.03. The lowest BCUT2D eigenvalue weighted by atomic mass is 10.3. The summed E-state index contributed by atoms with van der Waals surface area (Å²) in [5.74, 6) is 0.589. The van der Waals surface area contributed by atoms with E-state index in [0.29, 0.717) is 30.5 Å². The third-order valence-corrected chi connectivity index (χ3v) is 4.69. The average molecular weight is 396 g/mol. The monoisotopic (exact) mass is 396 g/mol. The predicted octanol–water partition coefficient (Wildman–Crippen LogP) is 2.76. The second kappa shape index (κ2) is 8.38. The third-order valence-electron chi connectivity index (χ3n) is 3.78. The predicted molar refractivity (Wildman–Crippen MR) is 99.1 cm³/mol. The molecule has 3 aromatic rings. The highest BCUT2D eigenvalue weighted by atomic mass is 32.1. The van der Waals surface area contributed by atoms with Gasteiger partial charge in [-0.05, 0) is 12.1 Å². The molecule has 0 aliphatic rings. The zero-order valence-corrected chi connectivity index (χ0v) is 15.4. The Balaban J connectivity index is 1.42. The van der Waals surface area contributed by atoms with Crippen LogP contribution in [0.4, 0.5) is 13.2 Å². The number of guanidine groups is 1. The first-order valence-electron chi connectivity index (χ1n) is 8.34. The SMILES string of the molecule is CN=C(NCCc1cn2ccccc2n1)NCCc1nc(C(F)(F)F)cs1. The van der Waals surface area contributed by atoms with Crippen LogP contribution >= 0.6 is 11.3 Å². The Morgan fingerprint density at radius 1 is 1.19 bits per heavy atom. The molecule has 0 spiro atoms. The lowest BCUT2D eigenvalue weighted by Crippen LogP contribution is -2.39. The van der Waals surface area contributed by atoms with E-state index < -0.39 is 11.9 Å². The fourth-order valence-corrected chi connectivity index (χ4v) is 3.29. The number of imidazole rings is 1.